The van der Waals surface area contributed by atoms with Crippen LogP contribution < -0.4 is 21.3 Å². The van der Waals surface area contributed by atoms with E-state index in [-0.39, 0.29) is 101 Å². The van der Waals surface area contributed by atoms with Crippen LogP contribution in [0, 0.1) is 47.9 Å². The number of carboxylic acid groups (broad SMARTS) is 1. The van der Waals surface area contributed by atoms with Crippen molar-refractivity contribution in [3.8, 4) is 37.0 Å². The van der Waals surface area contributed by atoms with E-state index in [2.05, 4.69) is 39.0 Å². The highest BCUT2D eigenvalue weighted by atomic mass is 16.4. The lowest BCUT2D eigenvalue weighted by Crippen LogP contribution is -2.72. The van der Waals surface area contributed by atoms with Crippen LogP contribution in [0.1, 0.15) is 57.8 Å². The molecule has 0 aromatic rings. The number of terminal acetylenes is 3. The summed E-state index contributed by atoms with van der Waals surface area (Å²) in [6, 6.07) is 0. The van der Waals surface area contributed by atoms with Gasteiger partial charge < -0.3 is 26.4 Å². The quantitative estimate of drug-likeness (QED) is 0.196. The minimum Gasteiger partial charge on any atom is -0.481 e. The Balaban J connectivity index is 2.21. The molecule has 2 bridgehead atoms. The second-order valence-electron chi connectivity index (χ2n) is 9.57. The van der Waals surface area contributed by atoms with Crippen molar-refractivity contribution in [3.05, 3.63) is 0 Å². The van der Waals surface area contributed by atoms with Crippen LogP contribution in [0.5, 0.6) is 0 Å². The van der Waals surface area contributed by atoms with Crippen molar-refractivity contribution < 1.29 is 29.1 Å². The minimum atomic E-state index is -1.09. The summed E-state index contributed by atoms with van der Waals surface area (Å²) in [5, 5.41) is 20.1. The number of carboxylic acids is 1. The second-order valence-corrected chi connectivity index (χ2v) is 9.57. The Bertz CT molecular complexity index is 925. The minimum absolute atomic E-state index is 0.00796. The maximum Gasteiger partial charge on any atom is 0.309 e. The maximum absolute atomic E-state index is 13.3. The van der Waals surface area contributed by atoms with Gasteiger partial charge in [-0.1, -0.05) is 17.8 Å². The molecule has 10 nitrogen and oxygen atoms in total. The molecule has 0 radical (unpaired) electrons. The first-order valence-electron chi connectivity index (χ1n) is 11.7. The zero-order valence-corrected chi connectivity index (χ0v) is 20.2. The summed E-state index contributed by atoms with van der Waals surface area (Å²) < 4.78 is 0. The fourth-order valence-corrected chi connectivity index (χ4v) is 4.96. The normalized spacial score (nSPS) is 21.1. The highest BCUT2D eigenvalue weighted by Crippen LogP contribution is 2.73. The number of nitrogens with one attached hydrogen (secondary N) is 4. The van der Waals surface area contributed by atoms with Crippen LogP contribution in [0.3, 0.4) is 0 Å². The average Bonchev–Trinajstić information content (AvgIpc) is 2.78. The van der Waals surface area contributed by atoms with E-state index in [1.165, 1.54) is 0 Å². The molecule has 3 saturated carbocycles. The number of aliphatic carboxylic acids is 1. The van der Waals surface area contributed by atoms with Gasteiger partial charge in [0.2, 0.25) is 23.6 Å². The summed E-state index contributed by atoms with van der Waals surface area (Å²) >= 11 is 0. The SMILES string of the molecule is C#CCNC(=O)CCC(CCC(=O)NCC#C)(CCC(=O)NCC#C)NC(=O)C12CC(C(=O)O)(C1)C2. The van der Waals surface area contributed by atoms with E-state index in [0.29, 0.717) is 0 Å². The average molecular weight is 497 g/mol. The molecule has 0 heterocycles. The van der Waals surface area contributed by atoms with Crippen LogP contribution in [0.25, 0.3) is 0 Å². The number of carbonyl (C=O) groups is 5. The molecule has 0 spiro atoms. The van der Waals surface area contributed by atoms with Crippen molar-refractivity contribution in [1.29, 1.82) is 0 Å². The van der Waals surface area contributed by atoms with Gasteiger partial charge >= 0.3 is 5.97 Å². The molecule has 3 aliphatic carbocycles. The third-order valence-corrected chi connectivity index (χ3v) is 7.00. The lowest BCUT2D eigenvalue weighted by molar-refractivity contribution is -0.221. The van der Waals surface area contributed by atoms with Crippen LogP contribution in [0.15, 0.2) is 0 Å². The van der Waals surface area contributed by atoms with Gasteiger partial charge in [0.25, 0.3) is 0 Å². The van der Waals surface area contributed by atoms with Gasteiger partial charge in [0, 0.05) is 24.8 Å². The number of amides is 4. The molecule has 192 valence electrons. The van der Waals surface area contributed by atoms with E-state index in [1.807, 2.05) is 0 Å². The topological polar surface area (TPSA) is 154 Å². The van der Waals surface area contributed by atoms with Crippen molar-refractivity contribution in [2.45, 2.75) is 63.3 Å². The molecule has 0 aliphatic heterocycles. The van der Waals surface area contributed by atoms with Crippen LogP contribution in [-0.4, -0.2) is 59.9 Å². The Labute approximate surface area is 211 Å². The van der Waals surface area contributed by atoms with Crippen molar-refractivity contribution in [2.75, 3.05) is 19.6 Å². The highest BCUT2D eigenvalue weighted by molar-refractivity contribution is 5.93. The Hall–Kier alpha value is -3.97. The van der Waals surface area contributed by atoms with Gasteiger partial charge in [0.05, 0.1) is 30.5 Å². The molecule has 4 amide bonds. The molecule has 0 aromatic heterocycles. The van der Waals surface area contributed by atoms with Gasteiger partial charge in [-0.3, -0.25) is 24.0 Å². The predicted molar refractivity (Wildman–Crippen MR) is 130 cm³/mol. The lowest BCUT2D eigenvalue weighted by Gasteiger charge is -2.67. The summed E-state index contributed by atoms with van der Waals surface area (Å²) in [5.41, 5.74) is -2.72. The summed E-state index contributed by atoms with van der Waals surface area (Å²) in [6.45, 7) is 0.130. The van der Waals surface area contributed by atoms with E-state index in [1.54, 1.807) is 0 Å². The van der Waals surface area contributed by atoms with Crippen LogP contribution in [-0.2, 0) is 24.0 Å². The highest BCUT2D eigenvalue weighted by Gasteiger charge is 2.75. The number of hydrogen-bond acceptors (Lipinski definition) is 5. The first kappa shape index (κ1) is 28.3. The smallest absolute Gasteiger partial charge is 0.309 e. The third-order valence-electron chi connectivity index (χ3n) is 7.00. The molecule has 0 aromatic carbocycles. The van der Waals surface area contributed by atoms with Gasteiger partial charge in [-0.15, -0.1) is 19.3 Å². The largest absolute Gasteiger partial charge is 0.481 e. The monoisotopic (exact) mass is 496 g/mol. The van der Waals surface area contributed by atoms with Gasteiger partial charge in [-0.25, -0.2) is 0 Å². The maximum atomic E-state index is 13.3. The second kappa shape index (κ2) is 12.1. The van der Waals surface area contributed by atoms with Crippen LogP contribution >= 0.6 is 0 Å². The zero-order chi connectivity index (χ0) is 26.8. The number of carbonyl (C=O) groups excluding carboxylic acids is 4. The Morgan fingerprint density at radius 2 is 1.06 bits per heavy atom. The van der Waals surface area contributed by atoms with Crippen molar-refractivity contribution in [2.24, 2.45) is 10.8 Å². The van der Waals surface area contributed by atoms with Gasteiger partial charge in [0.1, 0.15) is 0 Å². The molecule has 3 rings (SSSR count). The van der Waals surface area contributed by atoms with Crippen molar-refractivity contribution >= 4 is 29.6 Å². The van der Waals surface area contributed by atoms with Crippen LogP contribution in [0.2, 0.25) is 0 Å². The molecule has 0 unspecified atom stereocenters. The van der Waals surface area contributed by atoms with Gasteiger partial charge in [0.15, 0.2) is 0 Å². The number of rotatable bonds is 15. The molecular weight excluding hydrogens is 464 g/mol. The molecule has 10 heteroatoms. The summed E-state index contributed by atoms with van der Waals surface area (Å²) in [5.74, 6) is 4.68. The van der Waals surface area contributed by atoms with Crippen molar-refractivity contribution in [1.82, 2.24) is 21.3 Å². The van der Waals surface area contributed by atoms with E-state index in [9.17, 15) is 29.1 Å². The Morgan fingerprint density at radius 1 is 0.694 bits per heavy atom. The molecule has 36 heavy (non-hydrogen) atoms. The first-order chi connectivity index (χ1) is 17.1. The summed E-state index contributed by atoms with van der Waals surface area (Å²) in [7, 11) is 0. The van der Waals surface area contributed by atoms with Gasteiger partial charge in [-0.05, 0) is 38.5 Å². The molecule has 3 aliphatic rings. The molecule has 5 N–H and O–H groups in total. The van der Waals surface area contributed by atoms with E-state index >= 15 is 0 Å². The zero-order valence-electron chi connectivity index (χ0n) is 20.2. The fraction of sp³-hybridized carbons (Fsp3) is 0.577. The van der Waals surface area contributed by atoms with E-state index in [4.69, 9.17) is 19.3 Å². The van der Waals surface area contributed by atoms with Crippen molar-refractivity contribution in [3.63, 3.8) is 0 Å². The molecule has 3 fully saturated rings. The lowest BCUT2D eigenvalue weighted by atomic mass is 9.35. The molecular formula is C26H32N4O6. The Kier molecular flexibility index (Phi) is 9.53. The van der Waals surface area contributed by atoms with E-state index < -0.39 is 22.3 Å². The fourth-order valence-electron chi connectivity index (χ4n) is 4.96. The Morgan fingerprint density at radius 3 is 1.36 bits per heavy atom. The van der Waals surface area contributed by atoms with Gasteiger partial charge in [-0.2, -0.15) is 0 Å². The summed E-state index contributed by atoms with van der Waals surface area (Å²) in [4.78, 5) is 61.7. The third kappa shape index (κ3) is 6.79. The first-order valence-corrected chi connectivity index (χ1v) is 11.7. The molecule has 0 saturated heterocycles. The molecule has 0 atom stereocenters. The predicted octanol–water partition coefficient (Wildman–Crippen LogP) is -0.315. The standard InChI is InChI=1S/C26H32N4O6/c1-4-13-27-19(31)7-10-26(11-8-20(32)28-14-5-2,12-9-21(33)29-15-6-3)30-22(34)24-16-25(17-24,18-24)23(35)36/h1-3H,7-18H2,(H,27,31)(H,28,32)(H,29,33)(H,30,34)(H,35,36). The van der Waals surface area contributed by atoms with Crippen LogP contribution in [0.4, 0.5) is 0 Å². The van der Waals surface area contributed by atoms with E-state index in [0.717, 1.165) is 0 Å². The number of hydrogen-bond donors (Lipinski definition) is 5. The summed E-state index contributed by atoms with van der Waals surface area (Å²) in [6.07, 6.45) is 16.7.